The lowest BCUT2D eigenvalue weighted by molar-refractivity contribution is 0.112. The molecule has 0 aliphatic carbocycles. The normalized spacial score (nSPS) is 11.0. The van der Waals surface area contributed by atoms with E-state index in [0.717, 1.165) is 38.5 Å². The van der Waals surface area contributed by atoms with Crippen LogP contribution in [0.4, 0.5) is 0 Å². The van der Waals surface area contributed by atoms with E-state index in [9.17, 15) is 0 Å². The highest BCUT2D eigenvalue weighted by atomic mass is 35.5. The first-order chi connectivity index (χ1) is 7.76. The Hall–Kier alpha value is -0.640. The van der Waals surface area contributed by atoms with E-state index in [1.807, 2.05) is 19.1 Å². The molecule has 0 amide bonds. The van der Waals surface area contributed by atoms with Gasteiger partial charge in [-0.05, 0) is 25.6 Å². The van der Waals surface area contributed by atoms with Crippen LogP contribution in [0.15, 0.2) is 18.2 Å². The number of likely N-dealkylation sites (N-methyl/N-ethyl adjacent to an activating group) is 1. The van der Waals surface area contributed by atoms with Crippen molar-refractivity contribution in [2.45, 2.75) is 20.4 Å². The minimum absolute atomic E-state index is 0.554. The Labute approximate surface area is 102 Å². The molecule has 1 aromatic heterocycles. The molecule has 0 unspecified atom stereocenters. The number of halogens is 1. The van der Waals surface area contributed by atoms with Crippen LogP contribution in [0.5, 0.6) is 0 Å². The zero-order valence-corrected chi connectivity index (χ0v) is 10.7. The molecule has 0 aromatic carbocycles. The minimum Gasteiger partial charge on any atom is -0.380 e. The van der Waals surface area contributed by atoms with Crippen LogP contribution in [-0.4, -0.2) is 36.2 Å². The molecule has 16 heavy (non-hydrogen) atoms. The van der Waals surface area contributed by atoms with Crippen molar-refractivity contribution in [3.63, 3.8) is 0 Å². The second-order valence-electron chi connectivity index (χ2n) is 3.52. The molecule has 1 aromatic rings. The fraction of sp³-hybridized carbons (Fsp3) is 0.583. The summed E-state index contributed by atoms with van der Waals surface area (Å²) in [5.74, 6) is 0. The molecule has 4 heteroatoms. The second-order valence-corrected chi connectivity index (χ2v) is 3.90. The average Bonchev–Trinajstić information content (AvgIpc) is 2.28. The molecule has 0 fully saturated rings. The average molecular weight is 243 g/mol. The van der Waals surface area contributed by atoms with E-state index in [4.69, 9.17) is 16.3 Å². The van der Waals surface area contributed by atoms with E-state index >= 15 is 0 Å². The van der Waals surface area contributed by atoms with Crippen molar-refractivity contribution < 1.29 is 4.74 Å². The van der Waals surface area contributed by atoms with Crippen LogP contribution in [0, 0.1) is 0 Å². The Balaban J connectivity index is 2.43. The minimum atomic E-state index is 0.554. The monoisotopic (exact) mass is 242 g/mol. The lowest BCUT2D eigenvalue weighted by Crippen LogP contribution is -2.27. The molecule has 0 saturated heterocycles. The number of rotatable bonds is 7. The van der Waals surface area contributed by atoms with Gasteiger partial charge in [0.2, 0.25) is 0 Å². The fourth-order valence-electron chi connectivity index (χ4n) is 1.45. The first kappa shape index (κ1) is 13.4. The molecule has 0 saturated carbocycles. The summed E-state index contributed by atoms with van der Waals surface area (Å²) in [6.45, 7) is 8.42. The maximum Gasteiger partial charge on any atom is 0.129 e. The Morgan fingerprint density at radius 3 is 2.81 bits per heavy atom. The van der Waals surface area contributed by atoms with Gasteiger partial charge in [-0.2, -0.15) is 0 Å². The number of hydrogen-bond donors (Lipinski definition) is 0. The molecule has 0 atom stereocenters. The Morgan fingerprint density at radius 2 is 2.19 bits per heavy atom. The van der Waals surface area contributed by atoms with Gasteiger partial charge in [0, 0.05) is 19.7 Å². The highest BCUT2D eigenvalue weighted by Crippen LogP contribution is 2.07. The molecule has 0 bridgehead atoms. The van der Waals surface area contributed by atoms with Crippen LogP contribution in [0.3, 0.4) is 0 Å². The lowest BCUT2D eigenvalue weighted by atomic mass is 10.3. The second kappa shape index (κ2) is 7.60. The topological polar surface area (TPSA) is 25.4 Å². The molecule has 1 rings (SSSR count). The van der Waals surface area contributed by atoms with Crippen molar-refractivity contribution in [2.75, 3.05) is 26.3 Å². The third kappa shape index (κ3) is 4.92. The van der Waals surface area contributed by atoms with Gasteiger partial charge in [-0.1, -0.05) is 24.6 Å². The van der Waals surface area contributed by atoms with Crippen molar-refractivity contribution in [2.24, 2.45) is 0 Å². The quantitative estimate of drug-likeness (QED) is 0.543. The molecule has 3 nitrogen and oxygen atoms in total. The highest BCUT2D eigenvalue weighted by Gasteiger charge is 2.04. The smallest absolute Gasteiger partial charge is 0.129 e. The molecule has 0 aliphatic rings. The van der Waals surface area contributed by atoms with Crippen LogP contribution in [-0.2, 0) is 11.3 Å². The van der Waals surface area contributed by atoms with Gasteiger partial charge in [-0.25, -0.2) is 4.98 Å². The van der Waals surface area contributed by atoms with E-state index in [1.54, 1.807) is 6.07 Å². The third-order valence-corrected chi connectivity index (χ3v) is 2.57. The van der Waals surface area contributed by atoms with Crippen molar-refractivity contribution in [3.05, 3.63) is 29.0 Å². The van der Waals surface area contributed by atoms with E-state index in [1.165, 1.54) is 0 Å². The van der Waals surface area contributed by atoms with Crippen molar-refractivity contribution in [1.29, 1.82) is 0 Å². The van der Waals surface area contributed by atoms with Crippen molar-refractivity contribution in [3.8, 4) is 0 Å². The van der Waals surface area contributed by atoms with Crippen molar-refractivity contribution >= 4 is 11.6 Å². The van der Waals surface area contributed by atoms with Crippen molar-refractivity contribution in [1.82, 2.24) is 9.88 Å². The van der Waals surface area contributed by atoms with Gasteiger partial charge < -0.3 is 4.74 Å². The van der Waals surface area contributed by atoms with Gasteiger partial charge in [0.15, 0.2) is 0 Å². The van der Waals surface area contributed by atoms with E-state index in [0.29, 0.717) is 5.15 Å². The summed E-state index contributed by atoms with van der Waals surface area (Å²) >= 11 is 5.84. The Morgan fingerprint density at radius 1 is 1.38 bits per heavy atom. The molecule has 0 aliphatic heterocycles. The summed E-state index contributed by atoms with van der Waals surface area (Å²) in [7, 11) is 0. The molecule has 90 valence electrons. The number of hydrogen-bond acceptors (Lipinski definition) is 3. The maximum absolute atomic E-state index is 5.84. The Kier molecular flexibility index (Phi) is 6.38. The van der Waals surface area contributed by atoms with Crippen LogP contribution >= 0.6 is 11.6 Å². The van der Waals surface area contributed by atoms with Gasteiger partial charge in [0.1, 0.15) is 5.15 Å². The third-order valence-electron chi connectivity index (χ3n) is 2.36. The van der Waals surface area contributed by atoms with E-state index in [2.05, 4.69) is 16.8 Å². The zero-order valence-electron chi connectivity index (χ0n) is 9.95. The summed E-state index contributed by atoms with van der Waals surface area (Å²) in [6, 6.07) is 5.72. The summed E-state index contributed by atoms with van der Waals surface area (Å²) in [6.07, 6.45) is 0. The van der Waals surface area contributed by atoms with Crippen LogP contribution in [0.25, 0.3) is 0 Å². The largest absolute Gasteiger partial charge is 0.380 e. The fourth-order valence-corrected chi connectivity index (χ4v) is 1.64. The standard InChI is InChI=1S/C12H19ClN2O/c1-3-15(8-9-16-4-2)10-11-6-5-7-12(13)14-11/h5-7H,3-4,8-10H2,1-2H3. The molecular weight excluding hydrogens is 224 g/mol. The Bertz CT molecular complexity index is 307. The number of ether oxygens (including phenoxy) is 1. The van der Waals surface area contributed by atoms with Crippen LogP contribution < -0.4 is 0 Å². The number of aromatic nitrogens is 1. The number of pyridine rings is 1. The van der Waals surface area contributed by atoms with E-state index in [-0.39, 0.29) is 0 Å². The van der Waals surface area contributed by atoms with Gasteiger partial charge in [-0.3, -0.25) is 4.90 Å². The van der Waals surface area contributed by atoms with Gasteiger partial charge >= 0.3 is 0 Å². The number of nitrogens with zero attached hydrogens (tertiary/aromatic N) is 2. The molecule has 0 spiro atoms. The SMILES string of the molecule is CCOCCN(CC)Cc1cccc(Cl)n1. The predicted molar refractivity (Wildman–Crippen MR) is 66.7 cm³/mol. The molecule has 0 N–H and O–H groups in total. The first-order valence-electron chi connectivity index (χ1n) is 5.67. The van der Waals surface area contributed by atoms with Crippen LogP contribution in [0.1, 0.15) is 19.5 Å². The van der Waals surface area contributed by atoms with E-state index < -0.39 is 0 Å². The van der Waals surface area contributed by atoms with Gasteiger partial charge in [0.05, 0.1) is 12.3 Å². The van der Waals surface area contributed by atoms with Gasteiger partial charge in [-0.15, -0.1) is 0 Å². The van der Waals surface area contributed by atoms with Gasteiger partial charge in [0.25, 0.3) is 0 Å². The first-order valence-corrected chi connectivity index (χ1v) is 6.05. The predicted octanol–water partition coefficient (Wildman–Crippen LogP) is 2.59. The van der Waals surface area contributed by atoms with Crippen LogP contribution in [0.2, 0.25) is 5.15 Å². The molecular formula is C12H19ClN2O. The lowest BCUT2D eigenvalue weighted by Gasteiger charge is -2.19. The molecule has 1 heterocycles. The zero-order chi connectivity index (χ0) is 11.8. The molecule has 0 radical (unpaired) electrons. The summed E-state index contributed by atoms with van der Waals surface area (Å²) in [5, 5.41) is 0.554. The summed E-state index contributed by atoms with van der Waals surface area (Å²) in [4.78, 5) is 6.56. The summed E-state index contributed by atoms with van der Waals surface area (Å²) in [5.41, 5.74) is 1.01. The maximum atomic E-state index is 5.84. The summed E-state index contributed by atoms with van der Waals surface area (Å²) < 4.78 is 5.34. The highest BCUT2D eigenvalue weighted by molar-refractivity contribution is 6.29.